The summed E-state index contributed by atoms with van der Waals surface area (Å²) in [5.74, 6) is 0.456. The molecule has 3 unspecified atom stereocenters. The van der Waals surface area contributed by atoms with Crippen molar-refractivity contribution in [2.75, 3.05) is 6.61 Å². The summed E-state index contributed by atoms with van der Waals surface area (Å²) in [5.41, 5.74) is 0. The highest BCUT2D eigenvalue weighted by atomic mass is 16.5. The van der Waals surface area contributed by atoms with Gasteiger partial charge in [0.25, 0.3) is 0 Å². The van der Waals surface area contributed by atoms with Crippen LogP contribution in [0.2, 0.25) is 0 Å². The highest BCUT2D eigenvalue weighted by Gasteiger charge is 2.17. The molecule has 0 aliphatic carbocycles. The molecule has 2 N–H and O–H groups in total. The van der Waals surface area contributed by atoms with Crippen molar-refractivity contribution in [1.82, 2.24) is 10.6 Å². The maximum atomic E-state index is 11.7. The Labute approximate surface area is 111 Å². The first-order valence-electron chi connectivity index (χ1n) is 7.17. The summed E-state index contributed by atoms with van der Waals surface area (Å²) >= 11 is 0. The van der Waals surface area contributed by atoms with E-state index in [1.54, 1.807) is 0 Å². The third kappa shape index (κ3) is 5.71. The van der Waals surface area contributed by atoms with Gasteiger partial charge in [-0.1, -0.05) is 13.8 Å². The lowest BCUT2D eigenvalue weighted by atomic mass is 10.1. The SMILES string of the molecule is CC(CCC1CCCO1)NC(=O)NC(C)C(C)C. The fraction of sp³-hybridized carbons (Fsp3) is 0.929. The van der Waals surface area contributed by atoms with Crippen molar-refractivity contribution in [3.8, 4) is 0 Å². The molecule has 0 aromatic heterocycles. The number of urea groups is 1. The van der Waals surface area contributed by atoms with E-state index < -0.39 is 0 Å². The molecule has 106 valence electrons. The van der Waals surface area contributed by atoms with E-state index in [-0.39, 0.29) is 18.1 Å². The Kier molecular flexibility index (Phi) is 6.47. The molecule has 0 spiro atoms. The van der Waals surface area contributed by atoms with E-state index in [0.29, 0.717) is 12.0 Å². The van der Waals surface area contributed by atoms with E-state index in [1.165, 1.54) is 12.8 Å². The summed E-state index contributed by atoms with van der Waals surface area (Å²) in [7, 11) is 0. The van der Waals surface area contributed by atoms with Crippen LogP contribution in [0.1, 0.15) is 53.4 Å². The average molecular weight is 256 g/mol. The van der Waals surface area contributed by atoms with Gasteiger partial charge in [0.2, 0.25) is 0 Å². The molecule has 0 bridgehead atoms. The Hall–Kier alpha value is -0.770. The maximum Gasteiger partial charge on any atom is 0.315 e. The van der Waals surface area contributed by atoms with Crippen LogP contribution >= 0.6 is 0 Å². The van der Waals surface area contributed by atoms with Crippen LogP contribution in [0.25, 0.3) is 0 Å². The van der Waals surface area contributed by atoms with Crippen LogP contribution in [0.15, 0.2) is 0 Å². The van der Waals surface area contributed by atoms with Crippen LogP contribution in [0.3, 0.4) is 0 Å². The molecule has 1 heterocycles. The minimum Gasteiger partial charge on any atom is -0.378 e. The van der Waals surface area contributed by atoms with Crippen molar-refractivity contribution >= 4 is 6.03 Å². The van der Waals surface area contributed by atoms with Crippen molar-refractivity contribution in [2.45, 2.75) is 71.6 Å². The predicted octanol–water partition coefficient (Wildman–Crippen LogP) is 2.68. The fourth-order valence-electron chi connectivity index (χ4n) is 2.02. The number of amides is 2. The number of hydrogen-bond donors (Lipinski definition) is 2. The van der Waals surface area contributed by atoms with Crippen LogP contribution in [-0.2, 0) is 4.74 Å². The number of ether oxygens (including phenoxy) is 1. The molecule has 0 aromatic carbocycles. The fourth-order valence-corrected chi connectivity index (χ4v) is 2.02. The largest absolute Gasteiger partial charge is 0.378 e. The first-order chi connectivity index (χ1) is 8.49. The summed E-state index contributed by atoms with van der Waals surface area (Å²) in [4.78, 5) is 11.7. The first-order valence-corrected chi connectivity index (χ1v) is 7.17. The first kappa shape index (κ1) is 15.3. The number of carbonyl (C=O) groups excluding carboxylic acids is 1. The van der Waals surface area contributed by atoms with E-state index >= 15 is 0 Å². The van der Waals surface area contributed by atoms with E-state index in [4.69, 9.17) is 4.74 Å². The lowest BCUT2D eigenvalue weighted by Crippen LogP contribution is -2.46. The molecule has 0 aromatic rings. The van der Waals surface area contributed by atoms with Gasteiger partial charge in [0.1, 0.15) is 0 Å². The summed E-state index contributed by atoms with van der Waals surface area (Å²) in [6.45, 7) is 9.19. The van der Waals surface area contributed by atoms with Gasteiger partial charge in [0.05, 0.1) is 6.10 Å². The minimum atomic E-state index is -0.0592. The Morgan fingerprint density at radius 2 is 2.00 bits per heavy atom. The highest BCUT2D eigenvalue weighted by molar-refractivity contribution is 5.74. The minimum absolute atomic E-state index is 0.0592. The van der Waals surface area contributed by atoms with Gasteiger partial charge >= 0.3 is 6.03 Å². The van der Waals surface area contributed by atoms with Crippen molar-refractivity contribution in [3.05, 3.63) is 0 Å². The van der Waals surface area contributed by atoms with Crippen molar-refractivity contribution < 1.29 is 9.53 Å². The average Bonchev–Trinajstić information content (AvgIpc) is 2.78. The van der Waals surface area contributed by atoms with Crippen LogP contribution in [0.4, 0.5) is 4.79 Å². The molecule has 2 amide bonds. The number of hydrogen-bond acceptors (Lipinski definition) is 2. The molecule has 4 nitrogen and oxygen atoms in total. The number of carbonyl (C=O) groups is 1. The molecule has 0 radical (unpaired) electrons. The lowest BCUT2D eigenvalue weighted by molar-refractivity contribution is 0.100. The Balaban J connectivity index is 2.14. The third-order valence-electron chi connectivity index (χ3n) is 3.68. The summed E-state index contributed by atoms with van der Waals surface area (Å²) in [5, 5.41) is 5.94. The molecule has 1 aliphatic rings. The second-order valence-corrected chi connectivity index (χ2v) is 5.76. The molecule has 1 fully saturated rings. The summed E-state index contributed by atoms with van der Waals surface area (Å²) in [6.07, 6.45) is 4.78. The standard InChI is InChI=1S/C14H28N2O2/c1-10(2)12(4)16-14(17)15-11(3)7-8-13-6-5-9-18-13/h10-13H,5-9H2,1-4H3,(H2,15,16,17). The smallest absolute Gasteiger partial charge is 0.315 e. The van der Waals surface area contributed by atoms with Crippen molar-refractivity contribution in [2.24, 2.45) is 5.92 Å². The summed E-state index contributed by atoms with van der Waals surface area (Å²) < 4.78 is 5.58. The molecule has 3 atom stereocenters. The predicted molar refractivity (Wildman–Crippen MR) is 73.6 cm³/mol. The third-order valence-corrected chi connectivity index (χ3v) is 3.68. The van der Waals surface area contributed by atoms with E-state index in [1.807, 2.05) is 6.92 Å². The molecule has 1 aliphatic heterocycles. The van der Waals surface area contributed by atoms with Gasteiger partial charge in [-0.2, -0.15) is 0 Å². The molecular weight excluding hydrogens is 228 g/mol. The van der Waals surface area contributed by atoms with Crippen LogP contribution < -0.4 is 10.6 Å². The molecule has 0 saturated carbocycles. The van der Waals surface area contributed by atoms with Gasteiger partial charge < -0.3 is 15.4 Å². The Morgan fingerprint density at radius 1 is 1.28 bits per heavy atom. The van der Waals surface area contributed by atoms with Gasteiger partial charge in [-0.3, -0.25) is 0 Å². The Bertz CT molecular complexity index is 250. The molecule has 1 rings (SSSR count). The number of nitrogens with one attached hydrogen (secondary N) is 2. The van der Waals surface area contributed by atoms with Gasteiger partial charge in [-0.15, -0.1) is 0 Å². The van der Waals surface area contributed by atoms with Gasteiger partial charge in [0, 0.05) is 18.7 Å². The quantitative estimate of drug-likeness (QED) is 0.767. The lowest BCUT2D eigenvalue weighted by Gasteiger charge is -2.21. The second kappa shape index (κ2) is 7.62. The highest BCUT2D eigenvalue weighted by Crippen LogP contribution is 2.17. The topological polar surface area (TPSA) is 50.4 Å². The zero-order valence-corrected chi connectivity index (χ0v) is 12.2. The van der Waals surface area contributed by atoms with Crippen LogP contribution in [0, 0.1) is 5.92 Å². The molecule has 4 heteroatoms. The second-order valence-electron chi connectivity index (χ2n) is 5.76. The zero-order chi connectivity index (χ0) is 13.5. The normalized spacial score (nSPS) is 22.8. The van der Waals surface area contributed by atoms with Crippen LogP contribution in [0.5, 0.6) is 0 Å². The maximum absolute atomic E-state index is 11.7. The van der Waals surface area contributed by atoms with Crippen molar-refractivity contribution in [3.63, 3.8) is 0 Å². The Morgan fingerprint density at radius 3 is 2.56 bits per heavy atom. The number of rotatable bonds is 6. The van der Waals surface area contributed by atoms with Gasteiger partial charge in [-0.05, 0) is 45.4 Å². The van der Waals surface area contributed by atoms with Gasteiger partial charge in [0.15, 0.2) is 0 Å². The van der Waals surface area contributed by atoms with Gasteiger partial charge in [-0.25, -0.2) is 4.79 Å². The van der Waals surface area contributed by atoms with Crippen LogP contribution in [-0.4, -0.2) is 30.8 Å². The molecular formula is C14H28N2O2. The molecule has 1 saturated heterocycles. The van der Waals surface area contributed by atoms with E-state index in [9.17, 15) is 4.79 Å². The molecule has 18 heavy (non-hydrogen) atoms. The monoisotopic (exact) mass is 256 g/mol. The van der Waals surface area contributed by atoms with E-state index in [2.05, 4.69) is 31.4 Å². The summed E-state index contributed by atoms with van der Waals surface area (Å²) in [6, 6.07) is 0.347. The zero-order valence-electron chi connectivity index (χ0n) is 12.2. The van der Waals surface area contributed by atoms with Crippen molar-refractivity contribution in [1.29, 1.82) is 0 Å². The van der Waals surface area contributed by atoms with E-state index in [0.717, 1.165) is 19.4 Å².